The molecule has 0 spiro atoms. The van der Waals surface area contributed by atoms with E-state index < -0.39 is 11.6 Å². The van der Waals surface area contributed by atoms with Gasteiger partial charge in [0, 0.05) is 18.6 Å². The first-order valence-electron chi connectivity index (χ1n) is 7.50. The highest BCUT2D eigenvalue weighted by Gasteiger charge is 2.17. The minimum Gasteiger partial charge on any atom is -0.309 e. The SMILES string of the molecule is CC(NCC(C)N1CCCCC1)c1ccc(F)c(F)c1. The Balaban J connectivity index is 1.84. The zero-order valence-corrected chi connectivity index (χ0v) is 12.3. The molecule has 1 N–H and O–H groups in total. The van der Waals surface area contributed by atoms with Crippen LogP contribution in [0.2, 0.25) is 0 Å². The number of hydrogen-bond acceptors (Lipinski definition) is 2. The molecule has 0 aliphatic carbocycles. The van der Waals surface area contributed by atoms with Crippen molar-refractivity contribution >= 4 is 0 Å². The molecule has 1 saturated heterocycles. The van der Waals surface area contributed by atoms with Gasteiger partial charge in [-0.15, -0.1) is 0 Å². The maximum atomic E-state index is 13.2. The van der Waals surface area contributed by atoms with Gasteiger partial charge in [0.2, 0.25) is 0 Å². The molecule has 1 aliphatic heterocycles. The van der Waals surface area contributed by atoms with E-state index >= 15 is 0 Å². The molecule has 112 valence electrons. The smallest absolute Gasteiger partial charge is 0.159 e. The molecule has 0 aromatic heterocycles. The molecule has 1 heterocycles. The number of halogens is 2. The van der Waals surface area contributed by atoms with Crippen molar-refractivity contribution < 1.29 is 8.78 Å². The molecule has 2 rings (SSSR count). The zero-order chi connectivity index (χ0) is 14.5. The number of rotatable bonds is 5. The Morgan fingerprint density at radius 1 is 1.10 bits per heavy atom. The molecule has 2 unspecified atom stereocenters. The molecular formula is C16H24F2N2. The lowest BCUT2D eigenvalue weighted by Crippen LogP contribution is -2.43. The third-order valence-electron chi connectivity index (χ3n) is 4.18. The van der Waals surface area contributed by atoms with Gasteiger partial charge in [0.25, 0.3) is 0 Å². The van der Waals surface area contributed by atoms with Crippen LogP contribution in [0, 0.1) is 11.6 Å². The monoisotopic (exact) mass is 282 g/mol. The summed E-state index contributed by atoms with van der Waals surface area (Å²) in [6.07, 6.45) is 3.90. The maximum Gasteiger partial charge on any atom is 0.159 e. The van der Waals surface area contributed by atoms with Gasteiger partial charge in [0.1, 0.15) is 0 Å². The third kappa shape index (κ3) is 4.00. The van der Waals surface area contributed by atoms with Crippen molar-refractivity contribution in [2.45, 2.75) is 45.2 Å². The molecule has 0 amide bonds. The van der Waals surface area contributed by atoms with Crippen LogP contribution in [-0.4, -0.2) is 30.6 Å². The van der Waals surface area contributed by atoms with Crippen LogP contribution in [0.3, 0.4) is 0 Å². The second kappa shape index (κ2) is 7.14. The number of likely N-dealkylation sites (tertiary alicyclic amines) is 1. The molecule has 20 heavy (non-hydrogen) atoms. The summed E-state index contributed by atoms with van der Waals surface area (Å²) in [5.41, 5.74) is 0.787. The standard InChI is InChI=1S/C16H24F2N2/c1-12(20-8-4-3-5-9-20)11-19-13(2)14-6-7-15(17)16(18)10-14/h6-7,10,12-13,19H,3-5,8-9,11H2,1-2H3. The Hall–Kier alpha value is -1.00. The molecule has 1 aromatic carbocycles. The van der Waals surface area contributed by atoms with Crippen molar-refractivity contribution in [3.63, 3.8) is 0 Å². The van der Waals surface area contributed by atoms with E-state index in [1.807, 2.05) is 6.92 Å². The van der Waals surface area contributed by atoms with Gasteiger partial charge in [-0.05, 0) is 57.5 Å². The van der Waals surface area contributed by atoms with Crippen LogP contribution in [0.25, 0.3) is 0 Å². The first-order valence-corrected chi connectivity index (χ1v) is 7.50. The van der Waals surface area contributed by atoms with E-state index in [0.29, 0.717) is 6.04 Å². The molecule has 0 bridgehead atoms. The topological polar surface area (TPSA) is 15.3 Å². The van der Waals surface area contributed by atoms with Crippen LogP contribution < -0.4 is 5.32 Å². The van der Waals surface area contributed by atoms with Crippen LogP contribution >= 0.6 is 0 Å². The fourth-order valence-electron chi connectivity index (χ4n) is 2.74. The Labute approximate surface area is 120 Å². The maximum absolute atomic E-state index is 13.2. The van der Waals surface area contributed by atoms with Crippen LogP contribution in [-0.2, 0) is 0 Å². The first-order chi connectivity index (χ1) is 9.58. The summed E-state index contributed by atoms with van der Waals surface area (Å²) in [6, 6.07) is 4.61. The number of hydrogen-bond donors (Lipinski definition) is 1. The van der Waals surface area contributed by atoms with E-state index in [4.69, 9.17) is 0 Å². The molecule has 1 fully saturated rings. The van der Waals surface area contributed by atoms with Gasteiger partial charge in [-0.2, -0.15) is 0 Å². The number of piperidine rings is 1. The van der Waals surface area contributed by atoms with Gasteiger partial charge in [-0.1, -0.05) is 12.5 Å². The molecule has 4 heteroatoms. The Morgan fingerprint density at radius 2 is 1.80 bits per heavy atom. The van der Waals surface area contributed by atoms with Crippen molar-refractivity contribution in [3.8, 4) is 0 Å². The summed E-state index contributed by atoms with van der Waals surface area (Å²) in [7, 11) is 0. The summed E-state index contributed by atoms with van der Waals surface area (Å²) < 4.78 is 26.1. The molecule has 1 aromatic rings. The van der Waals surface area contributed by atoms with Gasteiger partial charge >= 0.3 is 0 Å². The second-order valence-corrected chi connectivity index (χ2v) is 5.75. The molecule has 1 aliphatic rings. The Morgan fingerprint density at radius 3 is 2.45 bits per heavy atom. The van der Waals surface area contributed by atoms with Gasteiger partial charge in [0.15, 0.2) is 11.6 Å². The van der Waals surface area contributed by atoms with Crippen LogP contribution in [0.1, 0.15) is 44.7 Å². The zero-order valence-electron chi connectivity index (χ0n) is 12.3. The molecule has 2 atom stereocenters. The van der Waals surface area contributed by atoms with Crippen molar-refractivity contribution in [1.29, 1.82) is 0 Å². The summed E-state index contributed by atoms with van der Waals surface area (Å²) in [4.78, 5) is 2.49. The minimum atomic E-state index is -0.789. The average Bonchev–Trinajstić information content (AvgIpc) is 2.48. The van der Waals surface area contributed by atoms with E-state index in [-0.39, 0.29) is 6.04 Å². The summed E-state index contributed by atoms with van der Waals surface area (Å²) in [6.45, 7) is 7.40. The highest BCUT2D eigenvalue weighted by molar-refractivity contribution is 5.20. The van der Waals surface area contributed by atoms with E-state index in [2.05, 4.69) is 17.1 Å². The lowest BCUT2D eigenvalue weighted by atomic mass is 10.1. The quantitative estimate of drug-likeness (QED) is 0.889. The number of benzene rings is 1. The van der Waals surface area contributed by atoms with Crippen LogP contribution in [0.5, 0.6) is 0 Å². The van der Waals surface area contributed by atoms with Gasteiger partial charge in [-0.25, -0.2) is 8.78 Å². The van der Waals surface area contributed by atoms with Gasteiger partial charge in [0.05, 0.1) is 0 Å². The average molecular weight is 282 g/mol. The fourth-order valence-corrected chi connectivity index (χ4v) is 2.74. The molecular weight excluding hydrogens is 258 g/mol. The summed E-state index contributed by atoms with van der Waals surface area (Å²) in [5, 5.41) is 3.41. The largest absolute Gasteiger partial charge is 0.309 e. The van der Waals surface area contributed by atoms with E-state index in [9.17, 15) is 8.78 Å². The van der Waals surface area contributed by atoms with Crippen LogP contribution in [0.4, 0.5) is 8.78 Å². The van der Waals surface area contributed by atoms with Crippen molar-refractivity contribution in [2.24, 2.45) is 0 Å². The van der Waals surface area contributed by atoms with Crippen molar-refractivity contribution in [1.82, 2.24) is 10.2 Å². The second-order valence-electron chi connectivity index (χ2n) is 5.75. The minimum absolute atomic E-state index is 0.0253. The molecule has 0 radical (unpaired) electrons. The van der Waals surface area contributed by atoms with Gasteiger partial charge in [-0.3, -0.25) is 4.90 Å². The van der Waals surface area contributed by atoms with Gasteiger partial charge < -0.3 is 5.32 Å². The first kappa shape index (κ1) is 15.4. The summed E-state index contributed by atoms with van der Waals surface area (Å²) in [5.74, 6) is -1.57. The lowest BCUT2D eigenvalue weighted by Gasteiger charge is -2.33. The predicted octanol–water partition coefficient (Wildman–Crippen LogP) is 3.49. The number of nitrogens with zero attached hydrogens (tertiary/aromatic N) is 1. The van der Waals surface area contributed by atoms with E-state index in [1.54, 1.807) is 6.07 Å². The lowest BCUT2D eigenvalue weighted by molar-refractivity contribution is 0.168. The predicted molar refractivity (Wildman–Crippen MR) is 77.7 cm³/mol. The third-order valence-corrected chi connectivity index (χ3v) is 4.18. The highest BCUT2D eigenvalue weighted by Crippen LogP contribution is 2.17. The normalized spacial score (nSPS) is 19.8. The highest BCUT2D eigenvalue weighted by atomic mass is 19.2. The van der Waals surface area contributed by atoms with Crippen molar-refractivity contribution in [3.05, 3.63) is 35.4 Å². The van der Waals surface area contributed by atoms with Crippen molar-refractivity contribution in [2.75, 3.05) is 19.6 Å². The summed E-state index contributed by atoms with van der Waals surface area (Å²) >= 11 is 0. The molecule has 0 saturated carbocycles. The fraction of sp³-hybridized carbons (Fsp3) is 0.625. The number of nitrogens with one attached hydrogen (secondary N) is 1. The molecule has 2 nitrogen and oxygen atoms in total. The van der Waals surface area contributed by atoms with E-state index in [1.165, 1.54) is 44.5 Å². The van der Waals surface area contributed by atoms with E-state index in [0.717, 1.165) is 12.1 Å². The Bertz CT molecular complexity index is 430. The Kier molecular flexibility index (Phi) is 5.49. The van der Waals surface area contributed by atoms with Crippen LogP contribution in [0.15, 0.2) is 18.2 Å².